The molecule has 2 aromatic heterocycles. The van der Waals surface area contributed by atoms with Crippen LogP contribution in [0.25, 0.3) is 0 Å². The first-order valence-electron chi connectivity index (χ1n) is 14.7. The highest BCUT2D eigenvalue weighted by Crippen LogP contribution is 2.44. The Bertz CT molecular complexity index is 1700. The smallest absolute Gasteiger partial charge is 0.474 e. The van der Waals surface area contributed by atoms with Gasteiger partial charge in [0.1, 0.15) is 16.3 Å². The van der Waals surface area contributed by atoms with Crippen LogP contribution in [0.15, 0.2) is 48.0 Å². The highest BCUT2D eigenvalue weighted by atomic mass is 35.5. The number of alkyl halides is 6. The fraction of sp³-hybridized carbons (Fsp3) is 0.419. The summed E-state index contributed by atoms with van der Waals surface area (Å²) in [5, 5.41) is 11.0. The molecule has 9 nitrogen and oxygen atoms in total. The van der Waals surface area contributed by atoms with E-state index in [0.29, 0.717) is 34.1 Å². The van der Waals surface area contributed by atoms with Crippen molar-refractivity contribution in [2.45, 2.75) is 69.3 Å². The molecule has 2 aliphatic heterocycles. The summed E-state index contributed by atoms with van der Waals surface area (Å²) >= 11 is 6.45. The standard InChI is InChI=1S/C31H28ClF6N3O6S/c1-2-5-22-29(47-19-15-23(48-16-19)31(36,37)38,10-4-12-40(22)25(42)24-21(30(33,34)35)6-3-11-39-24)27(43)41-13-9-17-14-18(32)7-8-20(17)26(41)46-28(44)45/h3,6-8,11,14-16,22,26H,2,4-5,9-10,12-13H2,1H3,(H,44,45)/t22-,26?,29+/m1/s1. The topological polar surface area (TPSA) is 109 Å². The molecule has 0 radical (unpaired) electrons. The van der Waals surface area contributed by atoms with E-state index in [-0.39, 0.29) is 56.5 Å². The van der Waals surface area contributed by atoms with Crippen molar-refractivity contribution in [3.05, 3.63) is 80.3 Å². The molecule has 1 saturated heterocycles. The fourth-order valence-electron chi connectivity index (χ4n) is 6.31. The second-order valence-electron chi connectivity index (χ2n) is 11.3. The molecule has 1 N–H and O–H groups in total. The highest BCUT2D eigenvalue weighted by molar-refractivity contribution is 7.10. The Morgan fingerprint density at radius 2 is 1.83 bits per heavy atom. The van der Waals surface area contributed by atoms with Gasteiger partial charge in [-0.15, -0.1) is 11.3 Å². The van der Waals surface area contributed by atoms with Crippen LogP contribution in [0.4, 0.5) is 31.1 Å². The molecule has 2 aliphatic rings. The van der Waals surface area contributed by atoms with Gasteiger partial charge in [-0.25, -0.2) is 4.79 Å². The van der Waals surface area contributed by atoms with Crippen LogP contribution < -0.4 is 4.74 Å². The van der Waals surface area contributed by atoms with Crippen molar-refractivity contribution in [2.75, 3.05) is 13.1 Å². The molecule has 0 saturated carbocycles. The number of rotatable bonds is 7. The van der Waals surface area contributed by atoms with Gasteiger partial charge in [0.15, 0.2) is 0 Å². The Morgan fingerprint density at radius 1 is 1.08 bits per heavy atom. The van der Waals surface area contributed by atoms with E-state index in [9.17, 15) is 45.8 Å². The van der Waals surface area contributed by atoms with Gasteiger partial charge in [0.05, 0.1) is 11.6 Å². The Morgan fingerprint density at radius 3 is 2.48 bits per heavy atom. The van der Waals surface area contributed by atoms with Gasteiger partial charge in [0.25, 0.3) is 11.8 Å². The number of pyridine rings is 1. The third kappa shape index (κ3) is 6.90. The van der Waals surface area contributed by atoms with Crippen molar-refractivity contribution in [3.8, 4) is 5.75 Å². The van der Waals surface area contributed by atoms with Crippen LogP contribution in [0, 0.1) is 0 Å². The molecule has 48 heavy (non-hydrogen) atoms. The lowest BCUT2D eigenvalue weighted by atomic mass is 9.79. The Balaban J connectivity index is 1.65. The van der Waals surface area contributed by atoms with Gasteiger partial charge in [-0.3, -0.25) is 19.5 Å². The zero-order chi connectivity index (χ0) is 35.0. The molecule has 0 bridgehead atoms. The minimum atomic E-state index is -4.95. The number of ether oxygens (including phenoxy) is 2. The van der Waals surface area contributed by atoms with Gasteiger partial charge in [0, 0.05) is 47.7 Å². The zero-order valence-corrected chi connectivity index (χ0v) is 26.7. The summed E-state index contributed by atoms with van der Waals surface area (Å²) in [7, 11) is 0. The number of aromatic nitrogens is 1. The number of halogens is 7. The molecule has 4 heterocycles. The summed E-state index contributed by atoms with van der Waals surface area (Å²) in [6, 6.07) is 5.63. The van der Waals surface area contributed by atoms with Gasteiger partial charge in [-0.1, -0.05) is 31.0 Å². The largest absolute Gasteiger partial charge is 0.507 e. The SMILES string of the molecule is CCC[C@H]1N(C(=O)c2ncccc2C(F)(F)F)CCC[C@@]1(Oc1csc(C(F)(F)F)c1)C(=O)N1CCc2cc(Cl)ccc2C1OC(=O)O. The predicted molar refractivity (Wildman–Crippen MR) is 160 cm³/mol. The molecule has 2 amide bonds. The number of carbonyl (C=O) groups is 3. The molecule has 3 atom stereocenters. The second-order valence-corrected chi connectivity index (χ2v) is 12.6. The molecular formula is C31H28ClF6N3O6S. The monoisotopic (exact) mass is 719 g/mol. The van der Waals surface area contributed by atoms with Crippen molar-refractivity contribution in [2.24, 2.45) is 0 Å². The zero-order valence-electron chi connectivity index (χ0n) is 25.1. The van der Waals surface area contributed by atoms with Crippen LogP contribution in [0.2, 0.25) is 5.02 Å². The van der Waals surface area contributed by atoms with E-state index in [1.807, 2.05) is 0 Å². The van der Waals surface area contributed by atoms with Gasteiger partial charge < -0.3 is 19.5 Å². The maximum Gasteiger partial charge on any atom is 0.507 e. The van der Waals surface area contributed by atoms with Gasteiger partial charge >= 0.3 is 18.5 Å². The predicted octanol–water partition coefficient (Wildman–Crippen LogP) is 7.83. The lowest BCUT2D eigenvalue weighted by molar-refractivity contribution is -0.171. The molecule has 1 fully saturated rings. The summed E-state index contributed by atoms with van der Waals surface area (Å²) in [6.07, 6.45) is -11.7. The van der Waals surface area contributed by atoms with E-state index in [0.717, 1.165) is 27.4 Å². The summed E-state index contributed by atoms with van der Waals surface area (Å²) in [5.74, 6) is -2.42. The summed E-state index contributed by atoms with van der Waals surface area (Å²) in [6.45, 7) is 1.43. The molecule has 0 aliphatic carbocycles. The number of fused-ring (bicyclic) bond motifs is 1. The summed E-state index contributed by atoms with van der Waals surface area (Å²) < 4.78 is 94.1. The number of thiophene rings is 1. The minimum absolute atomic E-state index is 0.00731. The normalized spacial score (nSPS) is 21.4. The minimum Gasteiger partial charge on any atom is -0.474 e. The van der Waals surface area contributed by atoms with Crippen molar-refractivity contribution >= 4 is 40.9 Å². The number of nitrogens with zero attached hydrogens (tertiary/aromatic N) is 3. The number of amides is 2. The number of likely N-dealkylation sites (tertiary alicyclic amines) is 1. The van der Waals surface area contributed by atoms with E-state index in [1.165, 1.54) is 12.1 Å². The maximum absolute atomic E-state index is 14.9. The molecular weight excluding hydrogens is 692 g/mol. The van der Waals surface area contributed by atoms with Gasteiger partial charge in [-0.2, -0.15) is 26.3 Å². The van der Waals surface area contributed by atoms with Crippen LogP contribution in [0.1, 0.15) is 70.9 Å². The molecule has 1 aromatic carbocycles. The van der Waals surface area contributed by atoms with E-state index >= 15 is 0 Å². The van der Waals surface area contributed by atoms with E-state index < -0.39 is 64.3 Å². The van der Waals surface area contributed by atoms with Crippen molar-refractivity contribution < 1.29 is 55.3 Å². The first-order chi connectivity index (χ1) is 22.6. The maximum atomic E-state index is 14.9. The van der Waals surface area contributed by atoms with Crippen LogP contribution in [-0.2, 0) is 28.3 Å². The Kier molecular flexibility index (Phi) is 9.88. The van der Waals surface area contributed by atoms with E-state index in [2.05, 4.69) is 4.98 Å². The highest BCUT2D eigenvalue weighted by Gasteiger charge is 2.57. The van der Waals surface area contributed by atoms with Gasteiger partial charge in [0.2, 0.25) is 11.8 Å². The van der Waals surface area contributed by atoms with Crippen molar-refractivity contribution in [1.82, 2.24) is 14.8 Å². The lowest BCUT2D eigenvalue weighted by Gasteiger charge is -2.51. The third-order valence-electron chi connectivity index (χ3n) is 8.27. The number of carbonyl (C=O) groups excluding carboxylic acids is 2. The Hall–Kier alpha value is -4.05. The number of piperidine rings is 1. The summed E-state index contributed by atoms with van der Waals surface area (Å²) in [4.78, 5) is 45.5. The lowest BCUT2D eigenvalue weighted by Crippen LogP contribution is -2.68. The molecule has 17 heteroatoms. The van der Waals surface area contributed by atoms with Crippen LogP contribution >= 0.6 is 22.9 Å². The molecule has 1 unspecified atom stereocenters. The quantitative estimate of drug-likeness (QED) is 0.196. The average molecular weight is 720 g/mol. The average Bonchev–Trinajstić information content (AvgIpc) is 3.50. The first kappa shape index (κ1) is 35.3. The van der Waals surface area contributed by atoms with Crippen LogP contribution in [0.5, 0.6) is 5.75 Å². The third-order valence-corrected chi connectivity index (χ3v) is 9.46. The second kappa shape index (κ2) is 13.5. The molecule has 0 spiro atoms. The van der Waals surface area contributed by atoms with Crippen molar-refractivity contribution in [1.29, 1.82) is 0 Å². The first-order valence-corrected chi connectivity index (χ1v) is 16.0. The number of hydrogen-bond donors (Lipinski definition) is 1. The number of hydrogen-bond acceptors (Lipinski definition) is 7. The Labute approximate surface area is 279 Å². The van der Waals surface area contributed by atoms with Crippen LogP contribution in [-0.4, -0.2) is 62.6 Å². The van der Waals surface area contributed by atoms with E-state index in [1.54, 1.807) is 13.0 Å². The van der Waals surface area contributed by atoms with Crippen LogP contribution in [0.3, 0.4) is 0 Å². The van der Waals surface area contributed by atoms with Crippen molar-refractivity contribution in [3.63, 3.8) is 0 Å². The molecule has 3 aromatic rings. The summed E-state index contributed by atoms with van der Waals surface area (Å²) in [5.41, 5.74) is -3.53. The number of benzene rings is 1. The fourth-order valence-corrected chi connectivity index (χ4v) is 7.18. The van der Waals surface area contributed by atoms with Gasteiger partial charge in [-0.05, 0) is 49.1 Å². The number of carboxylic acid groups (broad SMARTS) is 1. The molecule has 258 valence electrons. The molecule has 5 rings (SSSR count). The van der Waals surface area contributed by atoms with E-state index in [4.69, 9.17) is 21.1 Å².